The highest BCUT2D eigenvalue weighted by molar-refractivity contribution is 8.13. The standard InChI is InChI=1S/C16H14ClF2N3OS2/c1-24-15(22-8-20)21-7-16(11-3-2-9(18)6-12(11)19)13(23-16)10-4-5-25-14(10)17/h2-6,8,13H,7H2,1H3,(H2,20,21,22)/t13?,16-/m1/s1. The minimum Gasteiger partial charge on any atom is -0.361 e. The van der Waals surface area contributed by atoms with Gasteiger partial charge in [-0.25, -0.2) is 13.8 Å². The molecule has 1 aromatic heterocycles. The number of aliphatic imine (C=N–C) groups is 1. The molecule has 0 spiro atoms. The van der Waals surface area contributed by atoms with Gasteiger partial charge in [0.15, 0.2) is 5.17 Å². The van der Waals surface area contributed by atoms with Crippen LogP contribution >= 0.6 is 34.7 Å². The van der Waals surface area contributed by atoms with E-state index >= 15 is 0 Å². The van der Waals surface area contributed by atoms with Gasteiger partial charge in [0.05, 0.1) is 10.9 Å². The van der Waals surface area contributed by atoms with Crippen molar-refractivity contribution in [3.63, 3.8) is 0 Å². The fourth-order valence-electron chi connectivity index (χ4n) is 2.69. The second-order valence-corrected chi connectivity index (χ2v) is 7.60. The van der Waals surface area contributed by atoms with Gasteiger partial charge in [-0.3, -0.25) is 5.41 Å². The number of hydrogen-bond donors (Lipinski definition) is 2. The molecule has 4 nitrogen and oxygen atoms in total. The Hall–Kier alpha value is -1.48. The zero-order chi connectivity index (χ0) is 18.0. The lowest BCUT2D eigenvalue weighted by Crippen LogP contribution is -2.32. The maximum Gasteiger partial charge on any atom is 0.162 e. The number of halogens is 3. The summed E-state index contributed by atoms with van der Waals surface area (Å²) in [6.45, 7) is 0.208. The molecule has 0 saturated carbocycles. The summed E-state index contributed by atoms with van der Waals surface area (Å²) in [5.74, 6) is -1.32. The molecular weight excluding hydrogens is 388 g/mol. The van der Waals surface area contributed by atoms with E-state index in [4.69, 9.17) is 21.7 Å². The number of nitrogens with one attached hydrogen (secondary N) is 2. The lowest BCUT2D eigenvalue weighted by molar-refractivity contribution is 0.290. The van der Waals surface area contributed by atoms with Crippen LogP contribution in [0.2, 0.25) is 4.34 Å². The van der Waals surface area contributed by atoms with E-state index in [0.29, 0.717) is 9.50 Å². The molecule has 2 heterocycles. The first-order chi connectivity index (χ1) is 12.0. The van der Waals surface area contributed by atoms with Gasteiger partial charge in [-0.05, 0) is 23.8 Å². The van der Waals surface area contributed by atoms with Crippen molar-refractivity contribution in [2.24, 2.45) is 4.99 Å². The average molecular weight is 402 g/mol. The quantitative estimate of drug-likeness (QED) is 0.438. The number of thiophene rings is 1. The predicted molar refractivity (Wildman–Crippen MR) is 98.9 cm³/mol. The summed E-state index contributed by atoms with van der Waals surface area (Å²) in [6.07, 6.45) is 2.29. The molecule has 3 rings (SSSR count). The van der Waals surface area contributed by atoms with E-state index in [1.807, 2.05) is 17.7 Å². The third-order valence-corrected chi connectivity index (χ3v) is 5.72. The van der Waals surface area contributed by atoms with E-state index in [2.05, 4.69) is 10.3 Å². The van der Waals surface area contributed by atoms with Gasteiger partial charge in [0.2, 0.25) is 0 Å². The van der Waals surface area contributed by atoms with E-state index in [9.17, 15) is 8.78 Å². The zero-order valence-electron chi connectivity index (χ0n) is 13.1. The lowest BCUT2D eigenvalue weighted by atomic mass is 9.92. The molecular formula is C16H14ClF2N3OS2. The second kappa shape index (κ2) is 7.41. The lowest BCUT2D eigenvalue weighted by Gasteiger charge is -2.16. The second-order valence-electron chi connectivity index (χ2n) is 5.28. The van der Waals surface area contributed by atoms with Crippen molar-refractivity contribution in [2.45, 2.75) is 11.7 Å². The molecule has 1 aliphatic heterocycles. The van der Waals surface area contributed by atoms with Crippen molar-refractivity contribution in [1.82, 2.24) is 5.32 Å². The number of epoxide rings is 1. The molecule has 0 radical (unpaired) electrons. The van der Waals surface area contributed by atoms with Gasteiger partial charge in [-0.1, -0.05) is 29.4 Å². The van der Waals surface area contributed by atoms with E-state index in [1.54, 1.807) is 0 Å². The molecule has 25 heavy (non-hydrogen) atoms. The topological polar surface area (TPSA) is 60.8 Å². The molecule has 2 atom stereocenters. The Morgan fingerprint density at radius 3 is 2.92 bits per heavy atom. The van der Waals surface area contributed by atoms with Gasteiger partial charge in [0.1, 0.15) is 29.7 Å². The minimum absolute atomic E-state index is 0.208. The van der Waals surface area contributed by atoms with Crippen LogP contribution in [-0.4, -0.2) is 24.3 Å². The first-order valence-electron chi connectivity index (χ1n) is 7.22. The smallest absolute Gasteiger partial charge is 0.162 e. The van der Waals surface area contributed by atoms with Crippen LogP contribution in [0.1, 0.15) is 17.2 Å². The molecule has 1 fully saturated rings. The van der Waals surface area contributed by atoms with Gasteiger partial charge in [-0.15, -0.1) is 11.3 Å². The van der Waals surface area contributed by atoms with E-state index < -0.39 is 23.3 Å². The molecule has 1 unspecified atom stereocenters. The number of ether oxygens (including phenoxy) is 1. The molecule has 2 N–H and O–H groups in total. The summed E-state index contributed by atoms with van der Waals surface area (Å²) in [5.41, 5.74) is 0.0111. The van der Waals surface area contributed by atoms with Crippen LogP contribution in [0, 0.1) is 17.0 Å². The van der Waals surface area contributed by atoms with Crippen LogP contribution in [0.3, 0.4) is 0 Å². The number of thioether (sulfide) groups is 1. The largest absolute Gasteiger partial charge is 0.361 e. The summed E-state index contributed by atoms with van der Waals surface area (Å²) in [4.78, 5) is 3.89. The van der Waals surface area contributed by atoms with Crippen molar-refractivity contribution in [3.8, 4) is 0 Å². The molecule has 0 aliphatic carbocycles. The third kappa shape index (κ3) is 3.57. The molecule has 1 aromatic carbocycles. The van der Waals surface area contributed by atoms with Crippen LogP contribution in [-0.2, 0) is 10.3 Å². The van der Waals surface area contributed by atoms with Crippen molar-refractivity contribution in [3.05, 3.63) is 56.7 Å². The molecule has 2 aromatic rings. The first-order valence-corrected chi connectivity index (χ1v) is 9.71. The number of hydrogen-bond acceptors (Lipinski definition) is 4. The number of nitrogens with zero attached hydrogens (tertiary/aromatic N) is 1. The summed E-state index contributed by atoms with van der Waals surface area (Å²) >= 11 is 8.89. The number of benzene rings is 1. The van der Waals surface area contributed by atoms with Crippen LogP contribution in [0.4, 0.5) is 8.78 Å². The molecule has 132 valence electrons. The maximum atomic E-state index is 14.4. The van der Waals surface area contributed by atoms with Crippen molar-refractivity contribution in [1.29, 1.82) is 5.41 Å². The third-order valence-electron chi connectivity index (χ3n) is 3.89. The Morgan fingerprint density at radius 2 is 2.32 bits per heavy atom. The first kappa shape index (κ1) is 18.3. The number of amidine groups is 1. The Morgan fingerprint density at radius 1 is 1.52 bits per heavy atom. The molecule has 9 heteroatoms. The Balaban J connectivity index is 1.94. The van der Waals surface area contributed by atoms with Gasteiger partial charge >= 0.3 is 0 Å². The maximum absolute atomic E-state index is 14.4. The minimum atomic E-state index is -1.01. The fourth-order valence-corrected chi connectivity index (χ4v) is 4.02. The molecule has 0 bridgehead atoms. The SMILES string of the molecule is CS/C(=N/C=N)NC[C@]1(c2ccc(F)cc2F)OC1c1ccsc1Cl. The predicted octanol–water partition coefficient (Wildman–Crippen LogP) is 4.56. The molecule has 0 amide bonds. The van der Waals surface area contributed by atoms with Gasteiger partial charge in [-0.2, -0.15) is 0 Å². The van der Waals surface area contributed by atoms with Gasteiger partial charge in [0, 0.05) is 17.2 Å². The van der Waals surface area contributed by atoms with Crippen molar-refractivity contribution >= 4 is 46.2 Å². The van der Waals surface area contributed by atoms with E-state index in [-0.39, 0.29) is 12.1 Å². The number of rotatable bonds is 5. The average Bonchev–Trinajstić information content (AvgIpc) is 3.14. The highest BCUT2D eigenvalue weighted by atomic mass is 35.5. The molecule has 1 aliphatic rings. The van der Waals surface area contributed by atoms with Crippen LogP contribution in [0.15, 0.2) is 34.6 Å². The fraction of sp³-hybridized carbons (Fsp3) is 0.250. The highest BCUT2D eigenvalue weighted by Crippen LogP contribution is 2.59. The Bertz CT molecular complexity index is 829. The van der Waals surface area contributed by atoms with Crippen LogP contribution < -0.4 is 5.32 Å². The Kier molecular flexibility index (Phi) is 5.43. The zero-order valence-corrected chi connectivity index (χ0v) is 15.4. The van der Waals surface area contributed by atoms with Crippen molar-refractivity contribution < 1.29 is 13.5 Å². The normalized spacial score (nSPS) is 22.7. The summed E-state index contributed by atoms with van der Waals surface area (Å²) in [7, 11) is 0. The summed E-state index contributed by atoms with van der Waals surface area (Å²) in [5, 5.41) is 12.5. The van der Waals surface area contributed by atoms with E-state index in [1.165, 1.54) is 35.2 Å². The van der Waals surface area contributed by atoms with Crippen molar-refractivity contribution in [2.75, 3.05) is 12.8 Å². The summed E-state index contributed by atoms with van der Waals surface area (Å²) in [6, 6.07) is 5.27. The van der Waals surface area contributed by atoms with Gasteiger partial charge < -0.3 is 10.1 Å². The monoisotopic (exact) mass is 401 g/mol. The van der Waals surface area contributed by atoms with Crippen LogP contribution in [0.5, 0.6) is 0 Å². The van der Waals surface area contributed by atoms with Crippen LogP contribution in [0.25, 0.3) is 0 Å². The summed E-state index contributed by atoms with van der Waals surface area (Å²) < 4.78 is 34.2. The highest BCUT2D eigenvalue weighted by Gasteiger charge is 2.60. The van der Waals surface area contributed by atoms with E-state index in [0.717, 1.165) is 18.0 Å². The van der Waals surface area contributed by atoms with Gasteiger partial charge in [0.25, 0.3) is 0 Å². The molecule has 1 saturated heterocycles. The Labute approximate surface area is 156 Å².